The Hall–Kier alpha value is -2.99. The van der Waals surface area contributed by atoms with E-state index in [-0.39, 0.29) is 17.8 Å². The van der Waals surface area contributed by atoms with E-state index in [0.29, 0.717) is 5.82 Å². The molecule has 0 bridgehead atoms. The second kappa shape index (κ2) is 7.49. The van der Waals surface area contributed by atoms with Crippen LogP contribution in [0.4, 0.5) is 0 Å². The Labute approximate surface area is 152 Å². The lowest BCUT2D eigenvalue weighted by Crippen LogP contribution is -2.45. The fourth-order valence-corrected chi connectivity index (χ4v) is 3.16. The van der Waals surface area contributed by atoms with E-state index < -0.39 is 0 Å². The quantitative estimate of drug-likeness (QED) is 0.760. The van der Waals surface area contributed by atoms with Crippen LogP contribution in [0.5, 0.6) is 0 Å². The van der Waals surface area contributed by atoms with Gasteiger partial charge in [-0.2, -0.15) is 0 Å². The van der Waals surface area contributed by atoms with Crippen LogP contribution in [0.2, 0.25) is 0 Å². The molecule has 6 nitrogen and oxygen atoms in total. The first-order chi connectivity index (χ1) is 12.8. The highest BCUT2D eigenvalue weighted by Gasteiger charge is 2.22. The number of rotatable bonds is 4. The Morgan fingerprint density at radius 1 is 1.08 bits per heavy atom. The first-order valence-electron chi connectivity index (χ1n) is 8.91. The van der Waals surface area contributed by atoms with E-state index in [1.807, 2.05) is 60.7 Å². The van der Waals surface area contributed by atoms with Gasteiger partial charge in [0, 0.05) is 18.2 Å². The van der Waals surface area contributed by atoms with Crippen molar-refractivity contribution in [2.75, 3.05) is 13.1 Å². The molecule has 0 saturated carbocycles. The highest BCUT2D eigenvalue weighted by atomic mass is 16.2. The standard InChI is InChI=1S/C20H21N5O/c26-20(22-16-10-7-13-21-14-16)18-23-19(15-8-3-1-4-9-15)25(24-18)17-11-5-2-6-12-17/h1-6,8-9,11-12,16,21H,7,10,13-14H2,(H,22,26)/t16-/m0/s1. The molecule has 26 heavy (non-hydrogen) atoms. The van der Waals surface area contributed by atoms with Gasteiger partial charge >= 0.3 is 0 Å². The van der Waals surface area contributed by atoms with Gasteiger partial charge < -0.3 is 10.6 Å². The van der Waals surface area contributed by atoms with E-state index >= 15 is 0 Å². The molecule has 0 spiro atoms. The molecule has 0 unspecified atom stereocenters. The molecule has 2 heterocycles. The molecular weight excluding hydrogens is 326 g/mol. The lowest BCUT2D eigenvalue weighted by atomic mass is 10.1. The number of aromatic nitrogens is 3. The van der Waals surface area contributed by atoms with Crippen molar-refractivity contribution >= 4 is 5.91 Å². The van der Waals surface area contributed by atoms with E-state index in [2.05, 4.69) is 20.7 Å². The average molecular weight is 347 g/mol. The van der Waals surface area contributed by atoms with Crippen LogP contribution < -0.4 is 10.6 Å². The molecule has 3 aromatic rings. The lowest BCUT2D eigenvalue weighted by molar-refractivity contribution is 0.0920. The molecule has 132 valence electrons. The number of hydrogen-bond acceptors (Lipinski definition) is 4. The molecule has 0 aliphatic carbocycles. The zero-order valence-electron chi connectivity index (χ0n) is 14.4. The highest BCUT2D eigenvalue weighted by Crippen LogP contribution is 2.21. The molecule has 4 rings (SSSR count). The van der Waals surface area contributed by atoms with E-state index in [0.717, 1.165) is 37.2 Å². The number of piperidine rings is 1. The Morgan fingerprint density at radius 3 is 2.50 bits per heavy atom. The van der Waals surface area contributed by atoms with E-state index in [1.165, 1.54) is 0 Å². The molecule has 1 aromatic heterocycles. The summed E-state index contributed by atoms with van der Waals surface area (Å²) in [5.74, 6) is 0.618. The van der Waals surface area contributed by atoms with Crippen LogP contribution in [0, 0.1) is 0 Å². The molecule has 1 fully saturated rings. The number of amides is 1. The third kappa shape index (κ3) is 3.50. The summed E-state index contributed by atoms with van der Waals surface area (Å²) >= 11 is 0. The maximum Gasteiger partial charge on any atom is 0.291 e. The minimum atomic E-state index is -0.231. The van der Waals surface area contributed by atoms with Crippen molar-refractivity contribution in [1.29, 1.82) is 0 Å². The first kappa shape index (κ1) is 16.5. The molecule has 1 aliphatic rings. The second-order valence-electron chi connectivity index (χ2n) is 6.39. The van der Waals surface area contributed by atoms with Gasteiger partial charge in [0.2, 0.25) is 5.82 Å². The number of carbonyl (C=O) groups excluding carboxylic acids is 1. The molecule has 6 heteroatoms. The van der Waals surface area contributed by atoms with Crippen LogP contribution in [0.1, 0.15) is 23.5 Å². The van der Waals surface area contributed by atoms with Crippen molar-refractivity contribution in [1.82, 2.24) is 25.4 Å². The van der Waals surface area contributed by atoms with Gasteiger partial charge in [0.05, 0.1) is 5.69 Å². The van der Waals surface area contributed by atoms with Crippen LogP contribution >= 0.6 is 0 Å². The summed E-state index contributed by atoms with van der Waals surface area (Å²) in [4.78, 5) is 17.2. The summed E-state index contributed by atoms with van der Waals surface area (Å²) in [6.07, 6.45) is 2.04. The third-order valence-corrected chi connectivity index (χ3v) is 4.48. The van der Waals surface area contributed by atoms with Gasteiger partial charge in [-0.25, -0.2) is 9.67 Å². The Bertz CT molecular complexity index is 813. The van der Waals surface area contributed by atoms with Gasteiger partial charge in [-0.3, -0.25) is 4.79 Å². The maximum atomic E-state index is 12.7. The number of hydrogen-bond donors (Lipinski definition) is 2. The number of benzene rings is 2. The Morgan fingerprint density at radius 2 is 1.81 bits per heavy atom. The number of carbonyl (C=O) groups is 1. The topological polar surface area (TPSA) is 71.8 Å². The molecular formula is C20H21N5O. The molecule has 0 radical (unpaired) electrons. The summed E-state index contributed by atoms with van der Waals surface area (Å²) < 4.78 is 1.73. The van der Waals surface area contributed by atoms with Crippen LogP contribution in [-0.2, 0) is 0 Å². The summed E-state index contributed by atoms with van der Waals surface area (Å²) in [5.41, 5.74) is 1.79. The molecule has 1 aliphatic heterocycles. The van der Waals surface area contributed by atoms with Gasteiger partial charge in [0.25, 0.3) is 5.91 Å². The summed E-state index contributed by atoms with van der Waals surface area (Å²) in [6, 6.07) is 19.7. The molecule has 2 N–H and O–H groups in total. The van der Waals surface area contributed by atoms with Crippen molar-refractivity contribution < 1.29 is 4.79 Å². The van der Waals surface area contributed by atoms with Crippen molar-refractivity contribution in [3.05, 3.63) is 66.5 Å². The monoisotopic (exact) mass is 347 g/mol. The molecule has 2 aromatic carbocycles. The smallest absolute Gasteiger partial charge is 0.291 e. The summed E-state index contributed by atoms with van der Waals surface area (Å²) in [7, 11) is 0. The van der Waals surface area contributed by atoms with Crippen LogP contribution in [0.3, 0.4) is 0 Å². The zero-order valence-corrected chi connectivity index (χ0v) is 14.4. The summed E-state index contributed by atoms with van der Waals surface area (Å²) in [6.45, 7) is 1.79. The van der Waals surface area contributed by atoms with Gasteiger partial charge in [-0.1, -0.05) is 48.5 Å². The lowest BCUT2D eigenvalue weighted by Gasteiger charge is -2.23. The molecule has 1 saturated heterocycles. The largest absolute Gasteiger partial charge is 0.345 e. The van der Waals surface area contributed by atoms with Crippen LogP contribution in [0.15, 0.2) is 60.7 Å². The fraction of sp³-hybridized carbons (Fsp3) is 0.250. The fourth-order valence-electron chi connectivity index (χ4n) is 3.16. The molecule has 1 amide bonds. The van der Waals surface area contributed by atoms with E-state index in [4.69, 9.17) is 0 Å². The van der Waals surface area contributed by atoms with Crippen molar-refractivity contribution in [3.8, 4) is 17.1 Å². The first-order valence-corrected chi connectivity index (χ1v) is 8.91. The van der Waals surface area contributed by atoms with Crippen LogP contribution in [0.25, 0.3) is 17.1 Å². The normalized spacial score (nSPS) is 17.0. The van der Waals surface area contributed by atoms with Crippen molar-refractivity contribution in [2.24, 2.45) is 0 Å². The minimum absolute atomic E-state index is 0.125. The minimum Gasteiger partial charge on any atom is -0.345 e. The zero-order chi connectivity index (χ0) is 17.8. The Kier molecular flexibility index (Phi) is 4.75. The van der Waals surface area contributed by atoms with Gasteiger partial charge in [0.1, 0.15) is 0 Å². The third-order valence-electron chi connectivity index (χ3n) is 4.48. The number of nitrogens with zero attached hydrogens (tertiary/aromatic N) is 3. The Balaban J connectivity index is 1.68. The summed E-state index contributed by atoms with van der Waals surface area (Å²) in [5, 5.41) is 10.8. The van der Waals surface area contributed by atoms with Gasteiger partial charge in [-0.05, 0) is 31.5 Å². The predicted molar refractivity (Wildman–Crippen MR) is 100 cm³/mol. The predicted octanol–water partition coefficient (Wildman–Crippen LogP) is 2.42. The van der Waals surface area contributed by atoms with E-state index in [9.17, 15) is 4.79 Å². The number of nitrogens with one attached hydrogen (secondary N) is 2. The van der Waals surface area contributed by atoms with Crippen molar-refractivity contribution in [2.45, 2.75) is 18.9 Å². The van der Waals surface area contributed by atoms with Gasteiger partial charge in [0.15, 0.2) is 5.82 Å². The average Bonchev–Trinajstić information content (AvgIpc) is 3.16. The van der Waals surface area contributed by atoms with Crippen molar-refractivity contribution in [3.63, 3.8) is 0 Å². The SMILES string of the molecule is O=C(N[C@H]1CCCNC1)c1nc(-c2ccccc2)n(-c2ccccc2)n1. The molecule has 1 atom stereocenters. The van der Waals surface area contributed by atoms with E-state index in [1.54, 1.807) is 4.68 Å². The maximum absolute atomic E-state index is 12.7. The van der Waals surface area contributed by atoms with Gasteiger partial charge in [-0.15, -0.1) is 5.10 Å². The second-order valence-corrected chi connectivity index (χ2v) is 6.39. The number of para-hydroxylation sites is 1. The highest BCUT2D eigenvalue weighted by molar-refractivity contribution is 5.91. The van der Waals surface area contributed by atoms with Crippen LogP contribution in [-0.4, -0.2) is 39.8 Å².